The number of amides is 8. The normalized spacial score (nSPS) is 17.7. The number of cyclic esters (lactones) is 1. The van der Waals surface area contributed by atoms with Gasteiger partial charge in [-0.1, -0.05) is 37.3 Å². The van der Waals surface area contributed by atoms with E-state index in [4.69, 9.17) is 19.6 Å². The van der Waals surface area contributed by atoms with Gasteiger partial charge in [0.1, 0.15) is 37.8 Å². The molecule has 0 saturated carbocycles. The number of aryl methyl sites for hydroxylation is 1. The highest BCUT2D eigenvalue weighted by molar-refractivity contribution is 6.15. The van der Waals surface area contributed by atoms with Crippen molar-refractivity contribution in [1.29, 1.82) is 0 Å². The fraction of sp³-hybridized carbons (Fsp3) is 0.365. The van der Waals surface area contributed by atoms with Crippen molar-refractivity contribution < 1.29 is 72.0 Å². The summed E-state index contributed by atoms with van der Waals surface area (Å²) < 4.78 is 27.4. The van der Waals surface area contributed by atoms with Gasteiger partial charge in [-0.3, -0.25) is 52.8 Å². The van der Waals surface area contributed by atoms with Crippen molar-refractivity contribution in [3.05, 3.63) is 110 Å². The number of esters is 1. The molecule has 26 heteroatoms. The van der Waals surface area contributed by atoms with Crippen molar-refractivity contribution in [3.8, 4) is 11.4 Å². The molecule has 8 rings (SSSR count). The summed E-state index contributed by atoms with van der Waals surface area (Å²) >= 11 is 0. The predicted octanol–water partition coefficient (Wildman–Crippen LogP) is -1.71. The number of carbonyl (C=O) groups is 10. The lowest BCUT2D eigenvalue weighted by Gasteiger charge is -2.31. The number of aromatic nitrogens is 2. The number of carboxylic acid groups (broad SMARTS) is 1. The summed E-state index contributed by atoms with van der Waals surface area (Å²) in [6.45, 7) is -1.00. The zero-order valence-corrected chi connectivity index (χ0v) is 42.1. The van der Waals surface area contributed by atoms with Crippen LogP contribution < -0.4 is 37.5 Å². The molecule has 408 valence electrons. The van der Waals surface area contributed by atoms with Gasteiger partial charge < -0.3 is 56.2 Å². The van der Waals surface area contributed by atoms with Crippen LogP contribution >= 0.6 is 0 Å². The first-order valence-electron chi connectivity index (χ1n) is 24.7. The number of aliphatic carboxylic acids is 1. The Labute approximate surface area is 442 Å². The zero-order valence-electron chi connectivity index (χ0n) is 42.1. The Morgan fingerprint density at radius 2 is 1.60 bits per heavy atom. The lowest BCUT2D eigenvalue weighted by atomic mass is 9.78. The van der Waals surface area contributed by atoms with Crippen molar-refractivity contribution in [2.24, 2.45) is 4.99 Å². The Kier molecular flexibility index (Phi) is 16.7. The Morgan fingerprint density at radius 1 is 0.910 bits per heavy atom. The van der Waals surface area contributed by atoms with Crippen LogP contribution in [0.4, 0.5) is 4.39 Å². The smallest absolute Gasteiger partial charge is 0.343 e. The second-order valence-corrected chi connectivity index (χ2v) is 18.7. The molecule has 3 aliphatic heterocycles. The third-order valence-corrected chi connectivity index (χ3v) is 13.7. The van der Waals surface area contributed by atoms with E-state index in [-0.39, 0.29) is 37.1 Å². The number of carboxylic acids is 1. The fourth-order valence-corrected chi connectivity index (χ4v) is 9.74. The third-order valence-electron chi connectivity index (χ3n) is 13.7. The van der Waals surface area contributed by atoms with Gasteiger partial charge in [0.05, 0.1) is 55.2 Å². The number of fused-ring (bicyclic) bond motifs is 5. The molecule has 4 aromatic rings. The van der Waals surface area contributed by atoms with Crippen molar-refractivity contribution in [1.82, 2.24) is 46.4 Å². The summed E-state index contributed by atoms with van der Waals surface area (Å²) in [5, 5.41) is 35.2. The number of carbonyl (C=O) groups excluding carboxylic acids is 9. The van der Waals surface area contributed by atoms with Gasteiger partial charge in [-0.05, 0) is 54.5 Å². The summed E-state index contributed by atoms with van der Waals surface area (Å²) in [4.78, 5) is 149. The van der Waals surface area contributed by atoms with Crippen LogP contribution in [0.3, 0.4) is 0 Å². The van der Waals surface area contributed by atoms with Gasteiger partial charge in [0.15, 0.2) is 5.60 Å². The monoisotopic (exact) mass is 1080 g/mol. The average Bonchev–Trinajstić information content (AvgIpc) is 4.16. The molecular weight excluding hydrogens is 1020 g/mol. The van der Waals surface area contributed by atoms with Gasteiger partial charge in [0.25, 0.3) is 23.3 Å². The van der Waals surface area contributed by atoms with E-state index in [1.165, 1.54) is 16.8 Å². The largest absolute Gasteiger partial charge is 0.480 e. The molecule has 2 aromatic carbocycles. The maximum Gasteiger partial charge on any atom is 0.343 e. The molecule has 4 aliphatic rings. The van der Waals surface area contributed by atoms with Gasteiger partial charge in [-0.15, -0.1) is 0 Å². The number of rotatable bonds is 22. The van der Waals surface area contributed by atoms with Crippen molar-refractivity contribution >= 4 is 76.3 Å². The number of aliphatic imine (C=N–C) groups is 1. The number of aliphatic hydroxyl groups is 1. The molecule has 2 aromatic heterocycles. The van der Waals surface area contributed by atoms with Crippen LogP contribution in [-0.4, -0.2) is 148 Å². The molecule has 5 heterocycles. The summed E-state index contributed by atoms with van der Waals surface area (Å²) in [6.07, 6.45) is 4.08. The summed E-state index contributed by atoms with van der Waals surface area (Å²) in [7, 11) is 0. The van der Waals surface area contributed by atoms with E-state index < -0.39 is 140 Å². The molecule has 8 amide bonds. The molecular formula is C52H53FN10O15. The van der Waals surface area contributed by atoms with Crippen LogP contribution in [0.15, 0.2) is 64.4 Å². The Bertz CT molecular complexity index is 3290. The first kappa shape index (κ1) is 55.4. The van der Waals surface area contributed by atoms with E-state index in [1.807, 2.05) is 0 Å². The predicted molar refractivity (Wildman–Crippen MR) is 269 cm³/mol. The average molecular weight is 1080 g/mol. The van der Waals surface area contributed by atoms with Crippen LogP contribution in [-0.2, 0) is 89.0 Å². The standard InChI is InChI=1S/C52H53FN10O15/c1-3-52(76)32-14-36-47-30(22-62(36)50(74)31(32)23-78-51(52)75)45-28(9-10-29-26(2)33(53)15-34(61-47)46(29)45)16-55-41(67)24-77-25-59-39(65)19-57-48(72)35(13-27-7-5-4-6-8-27)60-40(66)20-56-38(64)18-58-49(73)37(17-54-21-44(70)71)63-42(68)11-12-43(63)69/h4-8,11-12,14-16,28,35,37,54,76H,3,9-10,13,17-25H2,1-2H3,(H,56,64)(H,57,72)(H,58,73)(H,59,65)(H,60,66)(H,70,71)/t28?,35-,37-,52-/m0/s1. The number of pyridine rings is 2. The topological polar surface area (TPSA) is 352 Å². The molecule has 25 nitrogen and oxygen atoms in total. The highest BCUT2D eigenvalue weighted by Gasteiger charge is 2.46. The maximum atomic E-state index is 15.4. The second-order valence-electron chi connectivity index (χ2n) is 18.7. The molecule has 0 saturated heterocycles. The first-order valence-corrected chi connectivity index (χ1v) is 24.7. The number of hydrogen-bond acceptors (Lipinski definition) is 16. The molecule has 0 bridgehead atoms. The van der Waals surface area contributed by atoms with Crippen molar-refractivity contribution in [3.63, 3.8) is 0 Å². The van der Waals surface area contributed by atoms with Crippen molar-refractivity contribution in [2.75, 3.05) is 46.1 Å². The van der Waals surface area contributed by atoms with Gasteiger partial charge in [-0.2, -0.15) is 0 Å². The third kappa shape index (κ3) is 11.7. The summed E-state index contributed by atoms with van der Waals surface area (Å²) in [5.41, 5.74) is 1.91. The molecule has 8 N–H and O–H groups in total. The number of hydrogen-bond donors (Lipinski definition) is 8. The number of nitrogens with one attached hydrogen (secondary N) is 6. The first-order chi connectivity index (χ1) is 37.3. The van der Waals surface area contributed by atoms with E-state index in [2.05, 4.69) is 36.9 Å². The van der Waals surface area contributed by atoms with Crippen molar-refractivity contribution in [2.45, 2.75) is 76.3 Å². The van der Waals surface area contributed by atoms with Crippen LogP contribution in [0.5, 0.6) is 0 Å². The van der Waals surface area contributed by atoms with Crippen LogP contribution in [0.2, 0.25) is 0 Å². The number of ether oxygens (including phenoxy) is 2. The van der Waals surface area contributed by atoms with E-state index >= 15 is 4.39 Å². The molecule has 78 heavy (non-hydrogen) atoms. The van der Waals surface area contributed by atoms with Gasteiger partial charge in [0.2, 0.25) is 29.5 Å². The number of halogens is 1. The second kappa shape index (κ2) is 23.6. The maximum absolute atomic E-state index is 15.4. The SMILES string of the molecule is CC[C@@]1(O)C(=O)OCc2c1cc1n(c2=O)Cc2c-1nc1cc(F)c(C)c3c1c2C(C=NC(=O)COCNC(=O)CNC(=O)[C@H](Cc1ccccc1)NC(=O)CNC(=O)CNC(=O)[C@H](CNCC(=O)O)N1C(=O)C=CC1=O)CC3. The fourth-order valence-electron chi connectivity index (χ4n) is 9.74. The van der Waals surface area contributed by atoms with E-state index in [0.717, 1.165) is 17.7 Å². The molecule has 0 spiro atoms. The van der Waals surface area contributed by atoms with Crippen LogP contribution in [0.25, 0.3) is 22.3 Å². The molecule has 4 atom stereocenters. The lowest BCUT2D eigenvalue weighted by Crippen LogP contribution is -2.56. The van der Waals surface area contributed by atoms with Crippen LogP contribution in [0.1, 0.15) is 64.6 Å². The lowest BCUT2D eigenvalue weighted by molar-refractivity contribution is -0.172. The number of benzene rings is 2. The number of nitrogens with zero attached hydrogens (tertiary/aromatic N) is 4. The number of imide groups is 1. The molecule has 0 fully saturated rings. The van der Waals surface area contributed by atoms with Gasteiger partial charge in [0, 0.05) is 59.8 Å². The highest BCUT2D eigenvalue weighted by atomic mass is 19.1. The van der Waals surface area contributed by atoms with Gasteiger partial charge in [-0.25, -0.2) is 19.2 Å². The van der Waals surface area contributed by atoms with Gasteiger partial charge >= 0.3 is 11.9 Å². The van der Waals surface area contributed by atoms with E-state index in [0.29, 0.717) is 62.3 Å². The molecule has 1 aliphatic carbocycles. The molecule has 0 radical (unpaired) electrons. The summed E-state index contributed by atoms with van der Waals surface area (Å²) in [5.74, 6) is -9.63. The van der Waals surface area contributed by atoms with E-state index in [9.17, 15) is 57.8 Å². The quantitative estimate of drug-likeness (QED) is 0.0126. The Balaban J connectivity index is 0.832. The minimum absolute atomic E-state index is 0.0332. The molecule has 1 unspecified atom stereocenters. The highest BCUT2D eigenvalue weighted by Crippen LogP contribution is 2.46. The van der Waals surface area contributed by atoms with Crippen LogP contribution in [0, 0.1) is 12.7 Å². The summed E-state index contributed by atoms with van der Waals surface area (Å²) in [6, 6.07) is 8.66. The zero-order chi connectivity index (χ0) is 56.0. The minimum Gasteiger partial charge on any atom is -0.480 e. The minimum atomic E-state index is -2.06. The Morgan fingerprint density at radius 3 is 2.31 bits per heavy atom. The van der Waals surface area contributed by atoms with E-state index in [1.54, 1.807) is 50.2 Å². The Hall–Kier alpha value is -8.88.